The number of phenols is 1. The van der Waals surface area contributed by atoms with Crippen LogP contribution in [0.5, 0.6) is 11.5 Å². The minimum absolute atomic E-state index is 0.0498. The van der Waals surface area contributed by atoms with Crippen LogP contribution in [0.2, 0.25) is 0 Å². The van der Waals surface area contributed by atoms with Crippen LogP contribution in [0.3, 0.4) is 0 Å². The van der Waals surface area contributed by atoms with E-state index in [0.717, 1.165) is 5.56 Å². The number of nitrogens with one attached hydrogen (secondary N) is 2. The van der Waals surface area contributed by atoms with Crippen LogP contribution in [-0.4, -0.2) is 39.1 Å². The fraction of sp³-hybridized carbons (Fsp3) is 0.304. The molecule has 0 unspecified atom stereocenters. The zero-order valence-corrected chi connectivity index (χ0v) is 17.2. The topological polar surface area (TPSA) is 125 Å². The number of hydrogen-bond donors (Lipinski definition) is 4. The number of carbonyl (C=O) groups is 1. The SMILES string of the molecule is COc1cc([C@@H]2c3c([nH][nH]c3=O)C[C@@](C)(O)[C@@H]2C(=O)OCc2ccccc2)ccc1O. The molecule has 0 bridgehead atoms. The number of H-pyrrole nitrogens is 2. The van der Waals surface area contributed by atoms with E-state index in [1.54, 1.807) is 19.1 Å². The van der Waals surface area contributed by atoms with Gasteiger partial charge in [0.2, 0.25) is 0 Å². The number of aromatic amines is 2. The highest BCUT2D eigenvalue weighted by Gasteiger charge is 2.51. The third kappa shape index (κ3) is 3.82. The number of ether oxygens (including phenoxy) is 2. The fourth-order valence-corrected chi connectivity index (χ4v) is 4.32. The Kier molecular flexibility index (Phi) is 5.32. The zero-order valence-electron chi connectivity index (χ0n) is 17.2. The quantitative estimate of drug-likeness (QED) is 0.466. The summed E-state index contributed by atoms with van der Waals surface area (Å²) in [5, 5.41) is 26.6. The Hall–Kier alpha value is -3.52. The number of aromatic nitrogens is 2. The van der Waals surface area contributed by atoms with E-state index in [0.29, 0.717) is 16.8 Å². The summed E-state index contributed by atoms with van der Waals surface area (Å²) in [7, 11) is 1.41. The molecule has 0 saturated carbocycles. The fourth-order valence-electron chi connectivity index (χ4n) is 4.32. The van der Waals surface area contributed by atoms with Gasteiger partial charge in [-0.25, -0.2) is 0 Å². The van der Waals surface area contributed by atoms with Gasteiger partial charge in [-0.2, -0.15) is 0 Å². The second-order valence-corrected chi connectivity index (χ2v) is 7.99. The Bertz CT molecular complexity index is 1150. The highest BCUT2D eigenvalue weighted by Crippen LogP contribution is 2.46. The van der Waals surface area contributed by atoms with E-state index in [2.05, 4.69) is 10.2 Å². The molecule has 0 spiro atoms. The maximum absolute atomic E-state index is 13.2. The molecule has 8 nitrogen and oxygen atoms in total. The molecule has 4 rings (SSSR count). The minimum Gasteiger partial charge on any atom is -0.504 e. The molecule has 1 heterocycles. The first-order valence-corrected chi connectivity index (χ1v) is 9.91. The Labute approximate surface area is 178 Å². The second kappa shape index (κ2) is 7.96. The van der Waals surface area contributed by atoms with Crippen LogP contribution < -0.4 is 10.3 Å². The molecule has 31 heavy (non-hydrogen) atoms. The summed E-state index contributed by atoms with van der Waals surface area (Å²) in [4.78, 5) is 25.9. The van der Waals surface area contributed by atoms with Crippen molar-refractivity contribution in [3.63, 3.8) is 0 Å². The van der Waals surface area contributed by atoms with E-state index in [9.17, 15) is 19.8 Å². The lowest BCUT2D eigenvalue weighted by Gasteiger charge is -2.40. The van der Waals surface area contributed by atoms with E-state index in [1.807, 2.05) is 30.3 Å². The van der Waals surface area contributed by atoms with Crippen molar-refractivity contribution in [3.8, 4) is 11.5 Å². The maximum Gasteiger partial charge on any atom is 0.313 e. The summed E-state index contributed by atoms with van der Waals surface area (Å²) in [5.41, 5.74) is 0.391. The normalized spacial score (nSPS) is 22.5. The molecule has 1 aliphatic rings. The van der Waals surface area contributed by atoms with Crippen LogP contribution in [0.15, 0.2) is 53.3 Å². The Morgan fingerprint density at radius 3 is 2.65 bits per heavy atom. The molecule has 3 aromatic rings. The van der Waals surface area contributed by atoms with Crippen molar-refractivity contribution in [3.05, 3.63) is 81.3 Å². The lowest BCUT2D eigenvalue weighted by molar-refractivity contribution is -0.161. The third-order valence-corrected chi connectivity index (χ3v) is 5.79. The van der Waals surface area contributed by atoms with E-state index in [4.69, 9.17) is 9.47 Å². The van der Waals surface area contributed by atoms with E-state index in [1.165, 1.54) is 13.2 Å². The number of benzene rings is 2. The van der Waals surface area contributed by atoms with Gasteiger partial charge in [-0.1, -0.05) is 36.4 Å². The second-order valence-electron chi connectivity index (χ2n) is 7.99. The van der Waals surface area contributed by atoms with Crippen LogP contribution in [0.1, 0.15) is 35.2 Å². The molecule has 3 atom stereocenters. The third-order valence-electron chi connectivity index (χ3n) is 5.79. The van der Waals surface area contributed by atoms with E-state index in [-0.39, 0.29) is 30.1 Å². The van der Waals surface area contributed by atoms with Crippen LogP contribution in [0.4, 0.5) is 0 Å². The van der Waals surface area contributed by atoms with Crippen molar-refractivity contribution in [2.45, 2.75) is 31.5 Å². The number of aromatic hydroxyl groups is 1. The average molecular weight is 424 g/mol. The first kappa shape index (κ1) is 20.7. The summed E-state index contributed by atoms with van der Waals surface area (Å²) >= 11 is 0. The number of esters is 1. The molecular weight excluding hydrogens is 400 g/mol. The maximum atomic E-state index is 13.2. The molecule has 0 aliphatic heterocycles. The molecule has 162 valence electrons. The first-order valence-electron chi connectivity index (χ1n) is 9.91. The summed E-state index contributed by atoms with van der Waals surface area (Å²) in [5.74, 6) is -2.33. The predicted molar refractivity (Wildman–Crippen MR) is 112 cm³/mol. The minimum atomic E-state index is -1.48. The summed E-state index contributed by atoms with van der Waals surface area (Å²) in [6.07, 6.45) is 0.0812. The summed E-state index contributed by atoms with van der Waals surface area (Å²) in [6.45, 7) is 1.61. The Balaban J connectivity index is 1.77. The predicted octanol–water partition coefficient (Wildman–Crippen LogP) is 2.22. The number of fused-ring (bicyclic) bond motifs is 1. The van der Waals surface area contributed by atoms with Gasteiger partial charge in [0, 0.05) is 23.6 Å². The molecule has 1 aliphatic carbocycles. The average Bonchev–Trinajstić information content (AvgIpc) is 3.11. The lowest BCUT2D eigenvalue weighted by atomic mass is 9.66. The van der Waals surface area contributed by atoms with E-state index < -0.39 is 23.4 Å². The molecule has 0 amide bonds. The van der Waals surface area contributed by atoms with Crippen LogP contribution in [0, 0.1) is 5.92 Å². The summed E-state index contributed by atoms with van der Waals surface area (Å²) in [6, 6.07) is 13.8. The van der Waals surface area contributed by atoms with Gasteiger partial charge < -0.3 is 24.8 Å². The highest BCUT2D eigenvalue weighted by molar-refractivity contribution is 5.77. The van der Waals surface area contributed by atoms with Crippen LogP contribution >= 0.6 is 0 Å². The number of hydrogen-bond acceptors (Lipinski definition) is 6. The zero-order chi connectivity index (χ0) is 22.2. The van der Waals surface area contributed by atoms with Gasteiger partial charge in [0.1, 0.15) is 6.61 Å². The monoisotopic (exact) mass is 424 g/mol. The Morgan fingerprint density at radius 1 is 1.19 bits per heavy atom. The van der Waals surface area contributed by atoms with Gasteiger partial charge in [-0.3, -0.25) is 14.7 Å². The Morgan fingerprint density at radius 2 is 1.94 bits per heavy atom. The van der Waals surface area contributed by atoms with Gasteiger partial charge >= 0.3 is 5.97 Å². The van der Waals surface area contributed by atoms with Crippen molar-refractivity contribution >= 4 is 5.97 Å². The van der Waals surface area contributed by atoms with Crippen LogP contribution in [0.25, 0.3) is 0 Å². The largest absolute Gasteiger partial charge is 0.504 e. The van der Waals surface area contributed by atoms with Crippen molar-refractivity contribution in [2.75, 3.05) is 7.11 Å². The number of phenolic OH excluding ortho intramolecular Hbond substituents is 1. The number of aliphatic hydroxyl groups is 1. The lowest BCUT2D eigenvalue weighted by Crippen LogP contribution is -2.50. The van der Waals surface area contributed by atoms with Crippen molar-refractivity contribution in [1.82, 2.24) is 10.2 Å². The molecule has 2 aromatic carbocycles. The van der Waals surface area contributed by atoms with Gasteiger partial charge in [0.25, 0.3) is 5.56 Å². The highest BCUT2D eigenvalue weighted by atomic mass is 16.5. The molecule has 0 saturated heterocycles. The summed E-state index contributed by atoms with van der Waals surface area (Å²) < 4.78 is 10.8. The molecule has 4 N–H and O–H groups in total. The number of rotatable bonds is 5. The molecule has 8 heteroatoms. The smallest absolute Gasteiger partial charge is 0.313 e. The van der Waals surface area contributed by atoms with Crippen molar-refractivity contribution in [2.24, 2.45) is 5.92 Å². The van der Waals surface area contributed by atoms with Gasteiger partial charge in [-0.05, 0) is 30.2 Å². The van der Waals surface area contributed by atoms with Gasteiger partial charge in [0.05, 0.1) is 18.6 Å². The molecule has 0 fully saturated rings. The van der Waals surface area contributed by atoms with Gasteiger partial charge in [-0.15, -0.1) is 0 Å². The van der Waals surface area contributed by atoms with Crippen LogP contribution in [-0.2, 0) is 22.6 Å². The van der Waals surface area contributed by atoms with E-state index >= 15 is 0 Å². The van der Waals surface area contributed by atoms with Crippen molar-refractivity contribution in [1.29, 1.82) is 0 Å². The first-order chi connectivity index (χ1) is 14.8. The molecular formula is C23H24N2O6. The standard InChI is InChI=1S/C23H24N2O6/c1-23(29)11-15-19(21(27)25-24-15)18(14-8-9-16(26)17(10-14)30-2)20(23)22(28)31-12-13-6-4-3-5-7-13/h3-10,18,20,26,29H,11-12H2,1-2H3,(H2,24,25,27)/t18-,20+,23-/m1/s1. The molecule has 0 radical (unpaired) electrons. The number of methoxy groups -OCH3 is 1. The molecule has 1 aromatic heterocycles. The van der Waals surface area contributed by atoms with Crippen molar-refractivity contribution < 1.29 is 24.5 Å². The van der Waals surface area contributed by atoms with Gasteiger partial charge in [0.15, 0.2) is 11.5 Å². The number of carbonyl (C=O) groups excluding carboxylic acids is 1.